The molecule has 110 valence electrons. The standard InChI is InChI=1S/C15H19Cl2NO2/c1-10-12(16)6-11(7-13(10)17)14(20)18(2)8-15(9-19)4-3-5-15/h6-7,19H,3-5,8-9H2,1-2H3. The molecule has 3 nitrogen and oxygen atoms in total. The molecule has 0 heterocycles. The van der Waals surface area contributed by atoms with Crippen LogP contribution in [0.4, 0.5) is 0 Å². The Morgan fingerprint density at radius 2 is 1.90 bits per heavy atom. The van der Waals surface area contributed by atoms with Gasteiger partial charge in [-0.2, -0.15) is 0 Å². The van der Waals surface area contributed by atoms with E-state index in [-0.39, 0.29) is 17.9 Å². The number of benzene rings is 1. The second-order valence-electron chi connectivity index (χ2n) is 5.74. The van der Waals surface area contributed by atoms with Crippen molar-refractivity contribution in [2.24, 2.45) is 5.41 Å². The van der Waals surface area contributed by atoms with Gasteiger partial charge in [0.05, 0.1) is 6.61 Å². The topological polar surface area (TPSA) is 40.5 Å². The van der Waals surface area contributed by atoms with E-state index in [9.17, 15) is 9.90 Å². The van der Waals surface area contributed by atoms with Gasteiger partial charge in [0.15, 0.2) is 0 Å². The van der Waals surface area contributed by atoms with Crippen LogP contribution in [0.5, 0.6) is 0 Å². The summed E-state index contributed by atoms with van der Waals surface area (Å²) in [5.41, 5.74) is 1.14. The lowest BCUT2D eigenvalue weighted by Gasteiger charge is -2.42. The third kappa shape index (κ3) is 2.95. The number of hydrogen-bond donors (Lipinski definition) is 1. The molecule has 1 aliphatic rings. The molecule has 1 aromatic carbocycles. The van der Waals surface area contributed by atoms with Gasteiger partial charge in [0.25, 0.3) is 5.91 Å². The molecule has 1 fully saturated rings. The van der Waals surface area contributed by atoms with Gasteiger partial charge in [-0.15, -0.1) is 0 Å². The van der Waals surface area contributed by atoms with Gasteiger partial charge in [0.1, 0.15) is 0 Å². The highest BCUT2D eigenvalue weighted by Crippen LogP contribution is 2.41. The van der Waals surface area contributed by atoms with Crippen LogP contribution in [0.1, 0.15) is 35.2 Å². The van der Waals surface area contributed by atoms with Gasteiger partial charge in [-0.25, -0.2) is 0 Å². The summed E-state index contributed by atoms with van der Waals surface area (Å²) >= 11 is 12.1. The number of aliphatic hydroxyl groups is 1. The van der Waals surface area contributed by atoms with Crippen molar-refractivity contribution in [1.82, 2.24) is 4.90 Å². The molecule has 1 aromatic rings. The summed E-state index contributed by atoms with van der Waals surface area (Å²) in [4.78, 5) is 14.1. The van der Waals surface area contributed by atoms with Crippen molar-refractivity contribution in [1.29, 1.82) is 0 Å². The number of carbonyl (C=O) groups is 1. The minimum Gasteiger partial charge on any atom is -0.396 e. The Hall–Kier alpha value is -0.770. The summed E-state index contributed by atoms with van der Waals surface area (Å²) in [6.45, 7) is 2.50. The first-order valence-corrected chi connectivity index (χ1v) is 7.46. The predicted octanol–water partition coefficient (Wildman–Crippen LogP) is 3.54. The van der Waals surface area contributed by atoms with E-state index in [1.54, 1.807) is 24.1 Å². The summed E-state index contributed by atoms with van der Waals surface area (Å²) in [7, 11) is 1.75. The first-order valence-electron chi connectivity index (χ1n) is 6.70. The van der Waals surface area contributed by atoms with Crippen LogP contribution < -0.4 is 0 Å². The quantitative estimate of drug-likeness (QED) is 0.923. The highest BCUT2D eigenvalue weighted by molar-refractivity contribution is 6.36. The Morgan fingerprint density at radius 3 is 2.30 bits per heavy atom. The van der Waals surface area contributed by atoms with Gasteiger partial charge in [0.2, 0.25) is 0 Å². The third-order valence-corrected chi connectivity index (χ3v) is 4.98. The zero-order valence-electron chi connectivity index (χ0n) is 11.7. The highest BCUT2D eigenvalue weighted by Gasteiger charge is 2.38. The molecule has 0 aliphatic heterocycles. The average Bonchev–Trinajstić information content (AvgIpc) is 2.38. The Kier molecular flexibility index (Phi) is 4.62. The van der Waals surface area contributed by atoms with Gasteiger partial charge in [-0.3, -0.25) is 4.79 Å². The Morgan fingerprint density at radius 1 is 1.35 bits per heavy atom. The van der Waals surface area contributed by atoms with Crippen LogP contribution in [-0.2, 0) is 0 Å². The van der Waals surface area contributed by atoms with Crippen molar-refractivity contribution in [2.75, 3.05) is 20.2 Å². The van der Waals surface area contributed by atoms with Gasteiger partial charge in [-0.1, -0.05) is 29.6 Å². The molecule has 20 heavy (non-hydrogen) atoms. The number of halogens is 2. The van der Waals surface area contributed by atoms with Crippen LogP contribution in [0.25, 0.3) is 0 Å². The van der Waals surface area contributed by atoms with E-state index in [1.165, 1.54) is 0 Å². The fourth-order valence-corrected chi connectivity index (χ4v) is 3.09. The van der Waals surface area contributed by atoms with Crippen LogP contribution in [0, 0.1) is 12.3 Å². The Labute approximate surface area is 129 Å². The summed E-state index contributed by atoms with van der Waals surface area (Å²) < 4.78 is 0. The van der Waals surface area contributed by atoms with Crippen LogP contribution in [0.2, 0.25) is 10.0 Å². The van der Waals surface area contributed by atoms with Crippen molar-refractivity contribution in [3.63, 3.8) is 0 Å². The molecule has 2 rings (SSSR count). The summed E-state index contributed by atoms with van der Waals surface area (Å²) in [6, 6.07) is 3.29. The number of aliphatic hydroxyl groups excluding tert-OH is 1. The molecule has 0 atom stereocenters. The molecule has 0 saturated heterocycles. The van der Waals surface area contributed by atoms with Gasteiger partial charge in [-0.05, 0) is 37.5 Å². The van der Waals surface area contributed by atoms with Crippen molar-refractivity contribution < 1.29 is 9.90 Å². The zero-order valence-corrected chi connectivity index (χ0v) is 13.3. The maximum Gasteiger partial charge on any atom is 0.253 e. The Bertz CT molecular complexity index is 498. The average molecular weight is 316 g/mol. The Balaban J connectivity index is 2.14. The van der Waals surface area contributed by atoms with E-state index in [1.807, 2.05) is 6.92 Å². The maximum absolute atomic E-state index is 12.4. The molecule has 0 spiro atoms. The molecule has 0 unspecified atom stereocenters. The van der Waals surface area contributed by atoms with Crippen LogP contribution >= 0.6 is 23.2 Å². The maximum atomic E-state index is 12.4. The van der Waals surface area contributed by atoms with Crippen LogP contribution in [0.3, 0.4) is 0 Å². The second kappa shape index (κ2) is 5.92. The van der Waals surface area contributed by atoms with Crippen LogP contribution in [-0.4, -0.2) is 36.1 Å². The molecule has 1 amide bonds. The van der Waals surface area contributed by atoms with Crippen molar-refractivity contribution >= 4 is 29.1 Å². The molecule has 1 N–H and O–H groups in total. The first-order chi connectivity index (χ1) is 9.38. The second-order valence-corrected chi connectivity index (χ2v) is 6.55. The molecular formula is C15H19Cl2NO2. The third-order valence-electron chi connectivity index (χ3n) is 4.20. The SMILES string of the molecule is Cc1c(Cl)cc(C(=O)N(C)CC2(CO)CCC2)cc1Cl. The number of hydrogen-bond acceptors (Lipinski definition) is 2. The molecule has 1 aliphatic carbocycles. The number of amides is 1. The fraction of sp³-hybridized carbons (Fsp3) is 0.533. The van der Waals surface area contributed by atoms with Gasteiger partial charge < -0.3 is 10.0 Å². The largest absolute Gasteiger partial charge is 0.396 e. The van der Waals surface area contributed by atoms with E-state index < -0.39 is 0 Å². The summed E-state index contributed by atoms with van der Waals surface area (Å²) in [5, 5.41) is 10.5. The first kappa shape index (κ1) is 15.6. The molecule has 0 aromatic heterocycles. The van der Waals surface area contributed by atoms with Gasteiger partial charge >= 0.3 is 0 Å². The summed E-state index contributed by atoms with van der Waals surface area (Å²) in [6.07, 6.45) is 3.05. The van der Waals surface area contributed by atoms with Crippen molar-refractivity contribution in [3.8, 4) is 0 Å². The molecule has 5 heteroatoms. The lowest BCUT2D eigenvalue weighted by molar-refractivity contribution is 0.0146. The molecular weight excluding hydrogens is 297 g/mol. The molecule has 1 saturated carbocycles. The van der Waals surface area contributed by atoms with E-state index in [4.69, 9.17) is 23.2 Å². The van der Waals surface area contributed by atoms with Crippen molar-refractivity contribution in [2.45, 2.75) is 26.2 Å². The zero-order chi connectivity index (χ0) is 14.9. The van der Waals surface area contributed by atoms with Crippen molar-refractivity contribution in [3.05, 3.63) is 33.3 Å². The monoisotopic (exact) mass is 315 g/mol. The predicted molar refractivity (Wildman–Crippen MR) is 81.5 cm³/mol. The molecule has 0 bridgehead atoms. The minimum atomic E-state index is -0.122. The van der Waals surface area contributed by atoms with E-state index in [0.29, 0.717) is 22.2 Å². The number of carbonyl (C=O) groups excluding carboxylic acids is 1. The lowest BCUT2D eigenvalue weighted by atomic mass is 9.69. The van der Waals surface area contributed by atoms with E-state index in [2.05, 4.69) is 0 Å². The highest BCUT2D eigenvalue weighted by atomic mass is 35.5. The summed E-state index contributed by atoms with van der Waals surface area (Å²) in [5.74, 6) is -0.117. The number of rotatable bonds is 4. The number of nitrogens with zero attached hydrogens (tertiary/aromatic N) is 1. The fourth-order valence-electron chi connectivity index (χ4n) is 2.61. The van der Waals surface area contributed by atoms with E-state index in [0.717, 1.165) is 24.8 Å². The normalized spacial score (nSPS) is 16.6. The van der Waals surface area contributed by atoms with Crippen LogP contribution in [0.15, 0.2) is 12.1 Å². The lowest BCUT2D eigenvalue weighted by Crippen LogP contribution is -2.45. The molecule has 0 radical (unpaired) electrons. The van der Waals surface area contributed by atoms with E-state index >= 15 is 0 Å². The smallest absolute Gasteiger partial charge is 0.253 e. The van der Waals surface area contributed by atoms with Gasteiger partial charge in [0, 0.05) is 34.6 Å². The minimum absolute atomic E-state index is 0.117.